The van der Waals surface area contributed by atoms with Gasteiger partial charge in [-0.15, -0.1) is 0 Å². The average Bonchev–Trinajstić information content (AvgIpc) is 3.29. The maximum atomic E-state index is 11.7. The second-order valence-electron chi connectivity index (χ2n) is 5.44. The number of methoxy groups -OCH3 is 1. The summed E-state index contributed by atoms with van der Waals surface area (Å²) in [6.07, 6.45) is 8.95. The largest absolute Gasteiger partial charge is 0.496 e. The number of ether oxygens (including phenoxy) is 1. The van der Waals surface area contributed by atoms with Crippen LogP contribution < -0.4 is 4.74 Å². The predicted molar refractivity (Wildman–Crippen MR) is 86.1 cm³/mol. The van der Waals surface area contributed by atoms with E-state index < -0.39 is 0 Å². The van der Waals surface area contributed by atoms with Gasteiger partial charge in [0.1, 0.15) is 5.75 Å². The van der Waals surface area contributed by atoms with Crippen LogP contribution >= 0.6 is 11.6 Å². The molecule has 22 heavy (non-hydrogen) atoms. The summed E-state index contributed by atoms with van der Waals surface area (Å²) in [5, 5.41) is 4.78. The minimum Gasteiger partial charge on any atom is -0.496 e. The lowest BCUT2D eigenvalue weighted by Crippen LogP contribution is -2.02. The molecule has 1 heterocycles. The predicted octanol–water partition coefficient (Wildman–Crippen LogP) is 3.59. The zero-order chi connectivity index (χ0) is 15.5. The lowest BCUT2D eigenvalue weighted by Gasteiger charge is -2.09. The molecule has 1 aliphatic rings. The normalized spacial score (nSPS) is 14.5. The van der Waals surface area contributed by atoms with E-state index in [1.807, 2.05) is 24.3 Å². The van der Waals surface area contributed by atoms with Gasteiger partial charge in [-0.05, 0) is 36.6 Å². The first-order valence-electron chi connectivity index (χ1n) is 7.22. The molecule has 3 rings (SSSR count). The summed E-state index contributed by atoms with van der Waals surface area (Å²) in [6.45, 7) is 0.564. The zero-order valence-corrected chi connectivity index (χ0v) is 13.1. The highest BCUT2D eigenvalue weighted by Crippen LogP contribution is 2.30. The van der Waals surface area contributed by atoms with Crippen LogP contribution in [0, 0.1) is 5.92 Å². The van der Waals surface area contributed by atoms with E-state index in [2.05, 4.69) is 5.10 Å². The van der Waals surface area contributed by atoms with Crippen LogP contribution in [0.5, 0.6) is 5.75 Å². The van der Waals surface area contributed by atoms with Crippen LogP contribution in [-0.2, 0) is 11.3 Å². The summed E-state index contributed by atoms with van der Waals surface area (Å²) in [6, 6.07) is 5.85. The molecule has 1 fully saturated rings. The van der Waals surface area contributed by atoms with Gasteiger partial charge >= 0.3 is 0 Å². The summed E-state index contributed by atoms with van der Waals surface area (Å²) in [5.41, 5.74) is 1.96. The minimum absolute atomic E-state index is 0.219. The molecule has 0 amide bonds. The molecule has 1 saturated carbocycles. The molecule has 1 aromatic carbocycles. The fraction of sp³-hybridized carbons (Fsp3) is 0.294. The second kappa shape index (κ2) is 6.36. The number of aromatic nitrogens is 2. The molecule has 1 aromatic heterocycles. The summed E-state index contributed by atoms with van der Waals surface area (Å²) in [7, 11) is 1.64. The Morgan fingerprint density at radius 3 is 2.95 bits per heavy atom. The Labute approximate surface area is 134 Å². The molecule has 0 radical (unpaired) electrons. The number of nitrogens with zero attached hydrogens (tertiary/aromatic N) is 2. The van der Waals surface area contributed by atoms with E-state index in [4.69, 9.17) is 16.3 Å². The number of carbonyl (C=O) groups excluding carboxylic acids is 1. The third-order valence-electron chi connectivity index (χ3n) is 3.66. The molecule has 5 heteroatoms. The van der Waals surface area contributed by atoms with Crippen LogP contribution in [0.4, 0.5) is 0 Å². The fourth-order valence-corrected chi connectivity index (χ4v) is 2.46. The molecule has 0 bridgehead atoms. The quantitative estimate of drug-likeness (QED) is 0.765. The van der Waals surface area contributed by atoms with E-state index in [-0.39, 0.29) is 11.7 Å². The highest BCUT2D eigenvalue weighted by Gasteiger charge is 2.27. The van der Waals surface area contributed by atoms with Crippen molar-refractivity contribution in [1.29, 1.82) is 0 Å². The number of ketones is 1. The number of halogens is 1. The third kappa shape index (κ3) is 3.57. The molecule has 2 aromatic rings. The average molecular weight is 317 g/mol. The van der Waals surface area contributed by atoms with E-state index in [0.29, 0.717) is 11.6 Å². The van der Waals surface area contributed by atoms with Crippen molar-refractivity contribution in [2.45, 2.75) is 19.4 Å². The smallest absolute Gasteiger partial charge is 0.158 e. The molecule has 114 valence electrons. The van der Waals surface area contributed by atoms with Gasteiger partial charge in [0.05, 0.1) is 24.9 Å². The van der Waals surface area contributed by atoms with Crippen molar-refractivity contribution in [3.05, 3.63) is 52.8 Å². The second-order valence-corrected chi connectivity index (χ2v) is 5.87. The van der Waals surface area contributed by atoms with Crippen molar-refractivity contribution in [3.63, 3.8) is 0 Å². The molecular formula is C17H17ClN2O2. The van der Waals surface area contributed by atoms with Crippen LogP contribution in [0.25, 0.3) is 6.08 Å². The Kier molecular flexibility index (Phi) is 4.29. The molecule has 0 aliphatic heterocycles. The number of allylic oxidation sites excluding steroid dienone is 1. The van der Waals surface area contributed by atoms with Gasteiger partial charge < -0.3 is 4.74 Å². The molecule has 0 N–H and O–H groups in total. The fourth-order valence-electron chi connectivity index (χ4n) is 2.31. The van der Waals surface area contributed by atoms with Gasteiger partial charge in [-0.2, -0.15) is 5.10 Å². The van der Waals surface area contributed by atoms with Crippen molar-refractivity contribution in [1.82, 2.24) is 9.78 Å². The lowest BCUT2D eigenvalue weighted by molar-refractivity contribution is -0.115. The molecule has 1 aliphatic carbocycles. The van der Waals surface area contributed by atoms with Crippen LogP contribution in [0.3, 0.4) is 0 Å². The highest BCUT2D eigenvalue weighted by molar-refractivity contribution is 6.30. The van der Waals surface area contributed by atoms with E-state index >= 15 is 0 Å². The van der Waals surface area contributed by atoms with Gasteiger partial charge in [-0.3, -0.25) is 9.48 Å². The zero-order valence-electron chi connectivity index (χ0n) is 12.3. The minimum atomic E-state index is 0.219. The summed E-state index contributed by atoms with van der Waals surface area (Å²) in [5.74, 6) is 1.26. The topological polar surface area (TPSA) is 44.1 Å². The Balaban J connectivity index is 1.80. The first kappa shape index (κ1) is 14.9. The highest BCUT2D eigenvalue weighted by atomic mass is 35.5. The SMILES string of the molecule is COc1ccc(/C=C/C(=O)C2CC2)cc1Cn1cc(Cl)cn1. The van der Waals surface area contributed by atoms with Crippen molar-refractivity contribution in [2.24, 2.45) is 5.92 Å². The van der Waals surface area contributed by atoms with Crippen LogP contribution in [0.15, 0.2) is 36.7 Å². The number of benzene rings is 1. The first-order valence-corrected chi connectivity index (χ1v) is 7.60. The van der Waals surface area contributed by atoms with Gasteiger partial charge in [0.2, 0.25) is 0 Å². The molecule has 0 saturated heterocycles. The molecular weight excluding hydrogens is 300 g/mol. The first-order chi connectivity index (χ1) is 10.7. The monoisotopic (exact) mass is 316 g/mol. The maximum absolute atomic E-state index is 11.7. The van der Waals surface area contributed by atoms with Crippen molar-refractivity contribution < 1.29 is 9.53 Å². The van der Waals surface area contributed by atoms with Crippen LogP contribution in [0.1, 0.15) is 24.0 Å². The van der Waals surface area contributed by atoms with Gasteiger partial charge in [0, 0.05) is 17.7 Å². The van der Waals surface area contributed by atoms with Gasteiger partial charge in [0.15, 0.2) is 5.78 Å². The van der Waals surface area contributed by atoms with Crippen LogP contribution in [0.2, 0.25) is 5.02 Å². The Morgan fingerprint density at radius 2 is 2.32 bits per heavy atom. The van der Waals surface area contributed by atoms with Gasteiger partial charge in [0.25, 0.3) is 0 Å². The number of rotatable bonds is 6. The van der Waals surface area contributed by atoms with Gasteiger partial charge in [-0.1, -0.05) is 23.7 Å². The number of hydrogen-bond acceptors (Lipinski definition) is 3. The van der Waals surface area contributed by atoms with Crippen LogP contribution in [-0.4, -0.2) is 22.7 Å². The molecule has 0 unspecified atom stereocenters. The van der Waals surface area contributed by atoms with Crippen molar-refractivity contribution >= 4 is 23.5 Å². The van der Waals surface area contributed by atoms with E-state index in [1.54, 1.807) is 30.3 Å². The standard InChI is InChI=1S/C17H17ClN2O2/c1-22-17-7-3-12(2-6-16(21)13-4-5-13)8-14(17)10-20-11-15(18)9-19-20/h2-3,6-9,11,13H,4-5,10H2,1H3/b6-2+. The number of carbonyl (C=O) groups is 1. The molecule has 0 spiro atoms. The molecule has 0 atom stereocenters. The molecule has 4 nitrogen and oxygen atoms in total. The van der Waals surface area contributed by atoms with Crippen molar-refractivity contribution in [3.8, 4) is 5.75 Å². The van der Waals surface area contributed by atoms with Gasteiger partial charge in [-0.25, -0.2) is 0 Å². The third-order valence-corrected chi connectivity index (χ3v) is 3.85. The number of hydrogen-bond donors (Lipinski definition) is 0. The lowest BCUT2D eigenvalue weighted by atomic mass is 10.1. The van der Waals surface area contributed by atoms with E-state index in [0.717, 1.165) is 29.7 Å². The summed E-state index contributed by atoms with van der Waals surface area (Å²) in [4.78, 5) is 11.7. The van der Waals surface area contributed by atoms with E-state index in [1.165, 1.54) is 0 Å². The maximum Gasteiger partial charge on any atom is 0.158 e. The Bertz CT molecular complexity index is 717. The van der Waals surface area contributed by atoms with E-state index in [9.17, 15) is 4.79 Å². The summed E-state index contributed by atoms with van der Waals surface area (Å²) >= 11 is 5.89. The van der Waals surface area contributed by atoms with Crippen molar-refractivity contribution in [2.75, 3.05) is 7.11 Å². The Hall–Kier alpha value is -2.07. The Morgan fingerprint density at radius 1 is 1.50 bits per heavy atom. The summed E-state index contributed by atoms with van der Waals surface area (Å²) < 4.78 is 7.14.